The quantitative estimate of drug-likeness (QED) is 0.344. The van der Waals surface area contributed by atoms with Crippen molar-refractivity contribution in [2.24, 2.45) is 0 Å². The Morgan fingerprint density at radius 3 is 2.44 bits per heavy atom. The van der Waals surface area contributed by atoms with E-state index >= 15 is 0 Å². The number of hydrogen-bond acceptors (Lipinski definition) is 5. The minimum Gasteiger partial charge on any atom is -0.487 e. The molecule has 0 saturated carbocycles. The van der Waals surface area contributed by atoms with E-state index in [1.54, 1.807) is 18.2 Å². The van der Waals surface area contributed by atoms with Crippen molar-refractivity contribution in [3.63, 3.8) is 0 Å². The van der Waals surface area contributed by atoms with Gasteiger partial charge in [-0.15, -0.1) is 0 Å². The molecule has 0 aliphatic carbocycles. The molecule has 0 fully saturated rings. The number of ether oxygens (including phenoxy) is 3. The molecule has 10 heteroatoms. The minimum absolute atomic E-state index is 0.145. The second-order valence-electron chi connectivity index (χ2n) is 7.49. The monoisotopic (exact) mass is 487 g/mol. The summed E-state index contributed by atoms with van der Waals surface area (Å²) in [6.45, 7) is 0.00908. The molecule has 0 radical (unpaired) electrons. The topological polar surface area (TPSA) is 71.5 Å². The van der Waals surface area contributed by atoms with E-state index in [0.29, 0.717) is 17.2 Å². The van der Waals surface area contributed by atoms with Gasteiger partial charge in [0.25, 0.3) is 0 Å². The van der Waals surface area contributed by atoms with Gasteiger partial charge < -0.3 is 19.9 Å². The number of nitrogens with two attached hydrogens (primary N) is 1. The third kappa shape index (κ3) is 4.22. The van der Waals surface area contributed by atoms with Crippen LogP contribution >= 0.6 is 11.6 Å². The van der Waals surface area contributed by atoms with Gasteiger partial charge in [-0.1, -0.05) is 35.9 Å². The van der Waals surface area contributed by atoms with Crippen molar-refractivity contribution in [2.45, 2.75) is 12.8 Å². The molecule has 1 aromatic heterocycles. The molecule has 6 nitrogen and oxygen atoms in total. The summed E-state index contributed by atoms with van der Waals surface area (Å²) in [5.41, 5.74) is 7.25. The van der Waals surface area contributed by atoms with Gasteiger partial charge in [0.15, 0.2) is 17.2 Å². The Morgan fingerprint density at radius 1 is 0.971 bits per heavy atom. The summed E-state index contributed by atoms with van der Waals surface area (Å²) in [7, 11) is 0. The van der Waals surface area contributed by atoms with Gasteiger partial charge in [0.05, 0.1) is 16.4 Å². The SMILES string of the molecule is Nc1cccc(Cl)c1-n1nc(C(F)(F)F)cc1COc1ccc(-c2ccc3c(c2)OCO3)cc1. The van der Waals surface area contributed by atoms with Crippen LogP contribution in [-0.4, -0.2) is 16.6 Å². The Labute approximate surface area is 197 Å². The fraction of sp³-hybridized carbons (Fsp3) is 0.125. The molecule has 5 rings (SSSR count). The molecule has 4 aromatic rings. The number of halogens is 4. The van der Waals surface area contributed by atoms with Crippen molar-refractivity contribution in [3.8, 4) is 34.1 Å². The van der Waals surface area contributed by atoms with Crippen molar-refractivity contribution in [1.82, 2.24) is 9.78 Å². The predicted octanol–water partition coefficient (Wildman–Crippen LogP) is 6.10. The van der Waals surface area contributed by atoms with E-state index in [9.17, 15) is 13.2 Å². The zero-order valence-corrected chi connectivity index (χ0v) is 18.2. The Hall–Kier alpha value is -3.85. The molecule has 1 aliphatic heterocycles. The maximum absolute atomic E-state index is 13.4. The lowest BCUT2D eigenvalue weighted by atomic mass is 10.1. The summed E-state index contributed by atoms with van der Waals surface area (Å²) in [4.78, 5) is 0. The number of alkyl halides is 3. The molecule has 0 unspecified atom stereocenters. The van der Waals surface area contributed by atoms with Crippen molar-refractivity contribution in [1.29, 1.82) is 0 Å². The lowest BCUT2D eigenvalue weighted by molar-refractivity contribution is -0.141. The largest absolute Gasteiger partial charge is 0.487 e. The van der Waals surface area contributed by atoms with Crippen LogP contribution in [-0.2, 0) is 12.8 Å². The van der Waals surface area contributed by atoms with Crippen LogP contribution in [0, 0.1) is 0 Å². The molecule has 0 bridgehead atoms. The van der Waals surface area contributed by atoms with E-state index in [0.717, 1.165) is 21.9 Å². The van der Waals surface area contributed by atoms with Crippen LogP contribution in [0.4, 0.5) is 18.9 Å². The number of benzene rings is 3. The summed E-state index contributed by atoms with van der Waals surface area (Å²) in [6.07, 6.45) is -4.64. The first-order chi connectivity index (χ1) is 16.3. The highest BCUT2D eigenvalue weighted by Crippen LogP contribution is 2.37. The molecule has 2 heterocycles. The average Bonchev–Trinajstić information content (AvgIpc) is 3.44. The molecule has 0 atom stereocenters. The standard InChI is InChI=1S/C24H17ClF3N3O3/c25-18-2-1-3-19(29)23(18)31-16(11-22(30-31)24(26,27)28)12-32-17-7-4-14(5-8-17)15-6-9-20-21(10-15)34-13-33-20/h1-11H,12-13,29H2. The smallest absolute Gasteiger partial charge is 0.435 e. The molecule has 0 spiro atoms. The molecule has 34 heavy (non-hydrogen) atoms. The van der Waals surface area contributed by atoms with Gasteiger partial charge in [0, 0.05) is 0 Å². The molecular weight excluding hydrogens is 471 g/mol. The third-order valence-corrected chi connectivity index (χ3v) is 5.56. The zero-order chi connectivity index (χ0) is 23.9. The van der Waals surface area contributed by atoms with E-state index in [1.165, 1.54) is 12.1 Å². The zero-order valence-electron chi connectivity index (χ0n) is 17.5. The summed E-state index contributed by atoms with van der Waals surface area (Å²) in [5, 5.41) is 3.87. The highest BCUT2D eigenvalue weighted by atomic mass is 35.5. The summed E-state index contributed by atoms with van der Waals surface area (Å²) >= 11 is 6.21. The molecule has 3 aromatic carbocycles. The Bertz CT molecular complexity index is 1330. The molecule has 0 saturated heterocycles. The molecule has 1 aliphatic rings. The lowest BCUT2D eigenvalue weighted by Crippen LogP contribution is -2.10. The summed E-state index contributed by atoms with van der Waals surface area (Å²) < 4.78 is 57.6. The minimum atomic E-state index is -4.64. The van der Waals surface area contributed by atoms with E-state index in [1.807, 2.05) is 30.3 Å². The van der Waals surface area contributed by atoms with E-state index < -0.39 is 11.9 Å². The number of anilines is 1. The molecule has 2 N–H and O–H groups in total. The molecule has 174 valence electrons. The Morgan fingerprint density at radius 2 is 1.71 bits per heavy atom. The van der Waals surface area contributed by atoms with Gasteiger partial charge in [-0.3, -0.25) is 0 Å². The Kier molecular flexibility index (Phi) is 5.49. The van der Waals surface area contributed by atoms with Crippen LogP contribution in [0.3, 0.4) is 0 Å². The van der Waals surface area contributed by atoms with E-state index in [2.05, 4.69) is 5.10 Å². The highest BCUT2D eigenvalue weighted by Gasteiger charge is 2.35. The van der Waals surface area contributed by atoms with Crippen LogP contribution in [0.1, 0.15) is 11.4 Å². The van der Waals surface area contributed by atoms with Gasteiger partial charge in [-0.2, -0.15) is 18.3 Å². The van der Waals surface area contributed by atoms with E-state index in [4.69, 9.17) is 31.5 Å². The van der Waals surface area contributed by atoms with Crippen LogP contribution in [0.25, 0.3) is 16.8 Å². The summed E-state index contributed by atoms with van der Waals surface area (Å²) in [5.74, 6) is 1.83. The number of hydrogen-bond donors (Lipinski definition) is 1. The van der Waals surface area contributed by atoms with Crippen molar-refractivity contribution in [3.05, 3.63) is 83.1 Å². The first-order valence-corrected chi connectivity index (χ1v) is 10.5. The fourth-order valence-corrected chi connectivity index (χ4v) is 3.85. The third-order valence-electron chi connectivity index (χ3n) is 5.25. The van der Waals surface area contributed by atoms with Crippen LogP contribution in [0.2, 0.25) is 5.02 Å². The second-order valence-corrected chi connectivity index (χ2v) is 7.90. The van der Waals surface area contributed by atoms with Crippen molar-refractivity contribution >= 4 is 17.3 Å². The number of nitrogens with zero attached hydrogens (tertiary/aromatic N) is 2. The van der Waals surface area contributed by atoms with Gasteiger partial charge >= 0.3 is 6.18 Å². The number of aromatic nitrogens is 2. The van der Waals surface area contributed by atoms with Gasteiger partial charge in [-0.05, 0) is 53.6 Å². The highest BCUT2D eigenvalue weighted by molar-refractivity contribution is 6.32. The van der Waals surface area contributed by atoms with Gasteiger partial charge in [-0.25, -0.2) is 4.68 Å². The summed E-state index contributed by atoms with van der Waals surface area (Å²) in [6, 6.07) is 18.4. The second kappa shape index (κ2) is 8.49. The number of fused-ring (bicyclic) bond motifs is 1. The first kappa shape index (κ1) is 22.0. The number of nitrogen functional groups attached to an aromatic ring is 1. The normalized spacial score (nSPS) is 12.7. The molecule has 0 amide bonds. The average molecular weight is 488 g/mol. The van der Waals surface area contributed by atoms with E-state index in [-0.39, 0.29) is 35.5 Å². The van der Waals surface area contributed by atoms with Gasteiger partial charge in [0.1, 0.15) is 18.0 Å². The molecular formula is C24H17ClF3N3O3. The predicted molar refractivity (Wildman–Crippen MR) is 120 cm³/mol. The Balaban J connectivity index is 1.39. The van der Waals surface area contributed by atoms with Crippen LogP contribution in [0.15, 0.2) is 66.7 Å². The van der Waals surface area contributed by atoms with Crippen LogP contribution in [0.5, 0.6) is 17.2 Å². The lowest BCUT2D eigenvalue weighted by Gasteiger charge is -2.13. The number of para-hydroxylation sites is 1. The van der Waals surface area contributed by atoms with Gasteiger partial charge in [0.2, 0.25) is 6.79 Å². The maximum atomic E-state index is 13.4. The first-order valence-electron chi connectivity index (χ1n) is 10.1. The number of rotatable bonds is 5. The fourth-order valence-electron chi connectivity index (χ4n) is 3.59. The van der Waals surface area contributed by atoms with Crippen LogP contribution < -0.4 is 19.9 Å². The maximum Gasteiger partial charge on any atom is 0.435 e. The van der Waals surface area contributed by atoms with Crippen molar-refractivity contribution in [2.75, 3.05) is 12.5 Å². The van der Waals surface area contributed by atoms with Crippen molar-refractivity contribution < 1.29 is 27.4 Å².